The van der Waals surface area contributed by atoms with Crippen LogP contribution in [-0.4, -0.2) is 55.2 Å². The Hall–Kier alpha value is -0.900. The van der Waals surface area contributed by atoms with Crippen LogP contribution in [0.5, 0.6) is 0 Å². The Morgan fingerprint density at radius 2 is 1.95 bits per heavy atom. The molecule has 0 N–H and O–H groups in total. The summed E-state index contributed by atoms with van der Waals surface area (Å²) in [5.74, 6) is 0. The van der Waals surface area contributed by atoms with Gasteiger partial charge in [0.25, 0.3) is 0 Å². The molecule has 1 aromatic carbocycles. The fraction of sp³-hybridized carbons (Fsp3) is 0.625. The van der Waals surface area contributed by atoms with Gasteiger partial charge in [-0.15, -0.1) is 0 Å². The molecule has 2 unspecified atom stereocenters. The summed E-state index contributed by atoms with van der Waals surface area (Å²) < 4.78 is 5.70. The van der Waals surface area contributed by atoms with E-state index in [-0.39, 0.29) is 0 Å². The number of nitrogens with zero attached hydrogens (tertiary/aromatic N) is 2. The lowest BCUT2D eigenvalue weighted by Crippen LogP contribution is -2.57. The van der Waals surface area contributed by atoms with Crippen molar-refractivity contribution in [2.75, 3.05) is 27.2 Å². The average molecular weight is 260 g/mol. The van der Waals surface area contributed by atoms with Crippen molar-refractivity contribution in [3.05, 3.63) is 35.9 Å². The van der Waals surface area contributed by atoms with Crippen LogP contribution in [0.2, 0.25) is 0 Å². The first-order valence-electron chi connectivity index (χ1n) is 7.29. The molecule has 3 aliphatic rings. The van der Waals surface area contributed by atoms with E-state index in [1.54, 1.807) is 0 Å². The zero-order valence-corrected chi connectivity index (χ0v) is 12.0. The van der Waals surface area contributed by atoms with Crippen LogP contribution >= 0.6 is 0 Å². The minimum absolute atomic E-state index is 0.399. The van der Waals surface area contributed by atoms with Crippen molar-refractivity contribution in [3.8, 4) is 0 Å². The summed E-state index contributed by atoms with van der Waals surface area (Å²) in [5, 5.41) is 0. The molecule has 1 aromatic rings. The number of ether oxygens (including phenoxy) is 1. The Balaban J connectivity index is 1.74. The van der Waals surface area contributed by atoms with Crippen LogP contribution in [0.25, 0.3) is 0 Å². The molecule has 104 valence electrons. The van der Waals surface area contributed by atoms with Crippen molar-refractivity contribution in [1.29, 1.82) is 0 Å². The molecule has 3 atom stereocenters. The van der Waals surface area contributed by atoms with Crippen LogP contribution in [0.1, 0.15) is 18.4 Å². The maximum absolute atomic E-state index is 5.70. The second-order valence-electron chi connectivity index (χ2n) is 5.93. The maximum atomic E-state index is 5.70. The van der Waals surface area contributed by atoms with E-state index in [1.165, 1.54) is 24.9 Å². The van der Waals surface area contributed by atoms with Gasteiger partial charge in [0.05, 0.1) is 6.10 Å². The molecule has 3 heterocycles. The maximum Gasteiger partial charge on any atom is 0.0739 e. The molecule has 3 heteroatoms. The fourth-order valence-corrected chi connectivity index (χ4v) is 3.62. The quantitative estimate of drug-likeness (QED) is 0.826. The Morgan fingerprint density at radius 3 is 2.68 bits per heavy atom. The highest BCUT2D eigenvalue weighted by atomic mass is 16.5. The largest absolute Gasteiger partial charge is 0.380 e. The van der Waals surface area contributed by atoms with Crippen molar-refractivity contribution in [2.45, 2.75) is 37.6 Å². The summed E-state index contributed by atoms with van der Waals surface area (Å²) >= 11 is 0. The third-order valence-electron chi connectivity index (χ3n) is 4.75. The minimum Gasteiger partial charge on any atom is -0.380 e. The molecule has 3 aliphatic heterocycles. The number of methoxy groups -OCH3 is 1. The van der Waals surface area contributed by atoms with Crippen molar-refractivity contribution in [1.82, 2.24) is 9.80 Å². The molecule has 0 radical (unpaired) electrons. The summed E-state index contributed by atoms with van der Waals surface area (Å²) in [6.07, 6.45) is 2.85. The molecule has 0 amide bonds. The monoisotopic (exact) mass is 260 g/mol. The third kappa shape index (κ3) is 2.69. The number of fused-ring (bicyclic) bond motifs is 4. The number of hydrogen-bond donors (Lipinski definition) is 0. The van der Waals surface area contributed by atoms with Crippen molar-refractivity contribution >= 4 is 0 Å². The van der Waals surface area contributed by atoms with E-state index in [9.17, 15) is 0 Å². The number of benzene rings is 1. The number of hydrogen-bond acceptors (Lipinski definition) is 3. The molecule has 3 nitrogen and oxygen atoms in total. The first kappa shape index (κ1) is 13.1. The van der Waals surface area contributed by atoms with E-state index in [1.807, 2.05) is 7.11 Å². The standard InChI is InChI=1S/C16H24N2O/c1-17-11-14-8-9-16(19-2)15(17)12-18(14)10-13-6-4-3-5-7-13/h3-7,14-16H,8-12H2,1-2H3/t14?,15?,16-/m1/s1. The van der Waals surface area contributed by atoms with Gasteiger partial charge in [0.2, 0.25) is 0 Å². The normalized spacial score (nSPS) is 32.4. The summed E-state index contributed by atoms with van der Waals surface area (Å²) in [4.78, 5) is 5.15. The van der Waals surface area contributed by atoms with Gasteiger partial charge >= 0.3 is 0 Å². The summed E-state index contributed by atoms with van der Waals surface area (Å²) in [6, 6.07) is 12.1. The van der Waals surface area contributed by atoms with Gasteiger partial charge in [-0.05, 0) is 25.5 Å². The average Bonchev–Trinajstić information content (AvgIpc) is 2.69. The molecule has 2 bridgehead atoms. The van der Waals surface area contributed by atoms with Crippen LogP contribution in [0.4, 0.5) is 0 Å². The first-order valence-corrected chi connectivity index (χ1v) is 7.29. The Bertz CT molecular complexity index is 408. The fourth-order valence-electron chi connectivity index (χ4n) is 3.62. The van der Waals surface area contributed by atoms with Gasteiger partial charge in [-0.1, -0.05) is 30.3 Å². The van der Waals surface area contributed by atoms with Crippen LogP contribution in [-0.2, 0) is 11.3 Å². The molecule has 3 saturated heterocycles. The highest BCUT2D eigenvalue weighted by Gasteiger charge is 2.39. The predicted octanol–water partition coefficient (Wildman–Crippen LogP) is 1.98. The highest BCUT2D eigenvalue weighted by Crippen LogP contribution is 2.29. The topological polar surface area (TPSA) is 15.7 Å². The Morgan fingerprint density at radius 1 is 1.16 bits per heavy atom. The van der Waals surface area contributed by atoms with E-state index < -0.39 is 0 Å². The van der Waals surface area contributed by atoms with Crippen molar-refractivity contribution < 1.29 is 4.74 Å². The third-order valence-corrected chi connectivity index (χ3v) is 4.75. The number of rotatable bonds is 3. The number of likely N-dealkylation sites (N-methyl/N-ethyl adjacent to an activating group) is 1. The molecule has 0 saturated carbocycles. The van der Waals surface area contributed by atoms with Crippen molar-refractivity contribution in [2.24, 2.45) is 0 Å². The van der Waals surface area contributed by atoms with Crippen LogP contribution in [0.3, 0.4) is 0 Å². The van der Waals surface area contributed by atoms with E-state index in [2.05, 4.69) is 47.2 Å². The first-order chi connectivity index (χ1) is 9.28. The van der Waals surface area contributed by atoms with Crippen LogP contribution in [0.15, 0.2) is 30.3 Å². The van der Waals surface area contributed by atoms with Gasteiger partial charge in [0.15, 0.2) is 0 Å². The summed E-state index contributed by atoms with van der Waals surface area (Å²) in [6.45, 7) is 3.39. The summed E-state index contributed by atoms with van der Waals surface area (Å²) in [5.41, 5.74) is 1.42. The molecular weight excluding hydrogens is 236 g/mol. The second kappa shape index (κ2) is 5.61. The van der Waals surface area contributed by atoms with Crippen LogP contribution in [0, 0.1) is 0 Å². The SMILES string of the molecule is CO[C@@H]1CCC2CN(C)C1CN2Cc1ccccc1. The molecule has 19 heavy (non-hydrogen) atoms. The highest BCUT2D eigenvalue weighted by molar-refractivity contribution is 5.15. The second-order valence-corrected chi connectivity index (χ2v) is 5.93. The van der Waals surface area contributed by atoms with E-state index in [0.717, 1.165) is 13.1 Å². The molecule has 0 aromatic heterocycles. The lowest BCUT2D eigenvalue weighted by molar-refractivity contribution is -0.0118. The lowest BCUT2D eigenvalue weighted by Gasteiger charge is -2.43. The van der Waals surface area contributed by atoms with Crippen molar-refractivity contribution in [3.63, 3.8) is 0 Å². The van der Waals surface area contributed by atoms with Gasteiger partial charge < -0.3 is 4.74 Å². The zero-order chi connectivity index (χ0) is 13.2. The van der Waals surface area contributed by atoms with Gasteiger partial charge in [0, 0.05) is 38.8 Å². The van der Waals surface area contributed by atoms with Gasteiger partial charge in [0.1, 0.15) is 0 Å². The molecular formula is C16H24N2O. The molecule has 0 spiro atoms. The summed E-state index contributed by atoms with van der Waals surface area (Å²) in [7, 11) is 4.10. The van der Waals surface area contributed by atoms with Gasteiger partial charge in [-0.2, -0.15) is 0 Å². The molecule has 0 aliphatic carbocycles. The Labute approximate surface area is 116 Å². The predicted molar refractivity (Wildman–Crippen MR) is 77.1 cm³/mol. The zero-order valence-electron chi connectivity index (χ0n) is 12.0. The van der Waals surface area contributed by atoms with Gasteiger partial charge in [-0.3, -0.25) is 9.80 Å². The Kier molecular flexibility index (Phi) is 3.87. The molecule has 4 rings (SSSR count). The van der Waals surface area contributed by atoms with Crippen LogP contribution < -0.4 is 0 Å². The minimum atomic E-state index is 0.399. The molecule has 3 fully saturated rings. The van der Waals surface area contributed by atoms with Gasteiger partial charge in [-0.25, -0.2) is 0 Å². The van der Waals surface area contributed by atoms with E-state index in [0.29, 0.717) is 18.2 Å². The lowest BCUT2D eigenvalue weighted by atomic mass is 10.1. The smallest absolute Gasteiger partial charge is 0.0739 e. The number of piperazine rings is 1. The van der Waals surface area contributed by atoms with E-state index in [4.69, 9.17) is 4.74 Å². The van der Waals surface area contributed by atoms with E-state index >= 15 is 0 Å².